The molecule has 0 aliphatic heterocycles. The number of nitrogens with two attached hydrogens (primary N) is 1. The summed E-state index contributed by atoms with van der Waals surface area (Å²) in [7, 11) is 0. The Hall–Kier alpha value is -1.88. The molecule has 1 amide bonds. The minimum absolute atomic E-state index is 0.0461. The summed E-state index contributed by atoms with van der Waals surface area (Å²) in [6, 6.07) is 6.75. The van der Waals surface area contributed by atoms with Crippen molar-refractivity contribution in [3.05, 3.63) is 35.9 Å². The van der Waals surface area contributed by atoms with Crippen LogP contribution < -0.4 is 11.1 Å². The zero-order valence-corrected chi connectivity index (χ0v) is 10.5. The van der Waals surface area contributed by atoms with Gasteiger partial charge < -0.3 is 16.2 Å². The van der Waals surface area contributed by atoms with E-state index in [4.69, 9.17) is 10.8 Å². The lowest BCUT2D eigenvalue weighted by Crippen LogP contribution is -2.46. The van der Waals surface area contributed by atoms with Gasteiger partial charge in [-0.15, -0.1) is 0 Å². The molecule has 1 aromatic carbocycles. The Labute approximate surface area is 106 Å². The van der Waals surface area contributed by atoms with Crippen LogP contribution >= 0.6 is 0 Å². The van der Waals surface area contributed by atoms with Gasteiger partial charge in [-0.3, -0.25) is 4.79 Å². The molecule has 1 rings (SSSR count). The van der Waals surface area contributed by atoms with Crippen LogP contribution in [0.5, 0.6) is 0 Å². The van der Waals surface area contributed by atoms with Gasteiger partial charge in [0, 0.05) is 0 Å². The van der Waals surface area contributed by atoms with Gasteiger partial charge in [-0.2, -0.15) is 0 Å². The number of carbonyl (C=O) groups is 2. The second-order valence-corrected chi connectivity index (χ2v) is 4.46. The molecule has 0 spiro atoms. The van der Waals surface area contributed by atoms with E-state index in [2.05, 4.69) is 5.32 Å². The van der Waals surface area contributed by atoms with E-state index in [-0.39, 0.29) is 5.92 Å². The van der Waals surface area contributed by atoms with Crippen molar-refractivity contribution in [3.8, 4) is 0 Å². The fourth-order valence-corrected chi connectivity index (χ4v) is 1.47. The molecule has 0 saturated heterocycles. The standard InChI is InChI=1S/C13H18N2O3/c1-8(2)10(14)12(16)15-11(13(17)18)9-6-4-3-5-7-9/h3-8,10-11H,14H2,1-2H3,(H,15,16)(H,17,18)/t10-,11?/m0/s1. The fourth-order valence-electron chi connectivity index (χ4n) is 1.47. The molecule has 0 aliphatic carbocycles. The zero-order chi connectivity index (χ0) is 13.7. The molecule has 0 fully saturated rings. The molecule has 5 heteroatoms. The number of aliphatic carboxylic acids is 1. The maximum atomic E-state index is 11.8. The Kier molecular flexibility index (Phi) is 4.85. The molecule has 0 heterocycles. The van der Waals surface area contributed by atoms with E-state index in [1.54, 1.807) is 30.3 Å². The van der Waals surface area contributed by atoms with E-state index in [0.29, 0.717) is 5.56 Å². The molecule has 0 aromatic heterocycles. The van der Waals surface area contributed by atoms with Crippen molar-refractivity contribution in [2.45, 2.75) is 25.9 Å². The summed E-state index contributed by atoms with van der Waals surface area (Å²) < 4.78 is 0. The smallest absolute Gasteiger partial charge is 0.330 e. The van der Waals surface area contributed by atoms with Crippen molar-refractivity contribution in [2.75, 3.05) is 0 Å². The maximum absolute atomic E-state index is 11.8. The number of hydrogen-bond donors (Lipinski definition) is 3. The number of hydrogen-bond acceptors (Lipinski definition) is 3. The minimum Gasteiger partial charge on any atom is -0.479 e. The third-order valence-electron chi connectivity index (χ3n) is 2.69. The Morgan fingerprint density at radius 3 is 2.22 bits per heavy atom. The van der Waals surface area contributed by atoms with Gasteiger partial charge in [0.2, 0.25) is 5.91 Å². The summed E-state index contributed by atoms with van der Waals surface area (Å²) in [4.78, 5) is 22.9. The Balaban J connectivity index is 2.83. The van der Waals surface area contributed by atoms with Crippen molar-refractivity contribution in [1.29, 1.82) is 0 Å². The number of rotatable bonds is 5. The highest BCUT2D eigenvalue weighted by Gasteiger charge is 2.25. The van der Waals surface area contributed by atoms with Crippen molar-refractivity contribution in [2.24, 2.45) is 11.7 Å². The first kappa shape index (κ1) is 14.2. The molecule has 1 unspecified atom stereocenters. The molecule has 4 N–H and O–H groups in total. The van der Waals surface area contributed by atoms with Crippen LogP contribution in [0.3, 0.4) is 0 Å². The van der Waals surface area contributed by atoms with Gasteiger partial charge in [0.05, 0.1) is 6.04 Å². The average Bonchev–Trinajstić information content (AvgIpc) is 2.35. The normalized spacial score (nSPS) is 14.0. The Morgan fingerprint density at radius 2 is 1.78 bits per heavy atom. The molecule has 0 aliphatic rings. The molecule has 0 radical (unpaired) electrons. The zero-order valence-electron chi connectivity index (χ0n) is 10.5. The maximum Gasteiger partial charge on any atom is 0.330 e. The van der Waals surface area contributed by atoms with Crippen LogP contribution in [0.2, 0.25) is 0 Å². The van der Waals surface area contributed by atoms with Gasteiger partial charge in [-0.1, -0.05) is 44.2 Å². The summed E-state index contributed by atoms with van der Waals surface area (Å²) in [6.45, 7) is 3.62. The minimum atomic E-state index is -1.11. The third kappa shape index (κ3) is 3.56. The van der Waals surface area contributed by atoms with Crippen LogP contribution in [0.1, 0.15) is 25.5 Å². The number of benzene rings is 1. The van der Waals surface area contributed by atoms with Crippen molar-refractivity contribution in [3.63, 3.8) is 0 Å². The van der Waals surface area contributed by atoms with Crippen LogP contribution in [-0.2, 0) is 9.59 Å². The van der Waals surface area contributed by atoms with E-state index >= 15 is 0 Å². The molecule has 2 atom stereocenters. The number of carbonyl (C=O) groups excluding carboxylic acids is 1. The number of amides is 1. The highest BCUT2D eigenvalue weighted by atomic mass is 16.4. The third-order valence-corrected chi connectivity index (χ3v) is 2.69. The number of carboxylic acids is 1. The molecule has 1 aromatic rings. The highest BCUT2D eigenvalue weighted by molar-refractivity contribution is 5.87. The van der Waals surface area contributed by atoms with Gasteiger partial charge in [-0.25, -0.2) is 4.79 Å². The Bertz CT molecular complexity index is 418. The lowest BCUT2D eigenvalue weighted by Gasteiger charge is -2.20. The molecule has 18 heavy (non-hydrogen) atoms. The lowest BCUT2D eigenvalue weighted by molar-refractivity contribution is -0.142. The topological polar surface area (TPSA) is 92.4 Å². The predicted octanol–water partition coefficient (Wildman–Crippen LogP) is 0.912. The SMILES string of the molecule is CC(C)[C@H](N)C(=O)NC(C(=O)O)c1ccccc1. The van der Waals surface area contributed by atoms with E-state index in [0.717, 1.165) is 0 Å². The summed E-state index contributed by atoms with van der Waals surface area (Å²) in [5, 5.41) is 11.6. The highest BCUT2D eigenvalue weighted by Crippen LogP contribution is 2.13. The quantitative estimate of drug-likeness (QED) is 0.724. The monoisotopic (exact) mass is 250 g/mol. The van der Waals surface area contributed by atoms with Crippen molar-refractivity contribution in [1.82, 2.24) is 5.32 Å². The summed E-state index contributed by atoms with van der Waals surface area (Å²) in [5.74, 6) is -1.61. The van der Waals surface area contributed by atoms with Crippen LogP contribution in [-0.4, -0.2) is 23.0 Å². The lowest BCUT2D eigenvalue weighted by atomic mass is 10.0. The van der Waals surface area contributed by atoms with Gasteiger partial charge in [0.1, 0.15) is 0 Å². The van der Waals surface area contributed by atoms with Crippen LogP contribution in [0.15, 0.2) is 30.3 Å². The summed E-state index contributed by atoms with van der Waals surface area (Å²) >= 11 is 0. The molecule has 0 bridgehead atoms. The number of nitrogens with one attached hydrogen (secondary N) is 1. The second-order valence-electron chi connectivity index (χ2n) is 4.46. The largest absolute Gasteiger partial charge is 0.479 e. The van der Waals surface area contributed by atoms with Crippen molar-refractivity contribution < 1.29 is 14.7 Å². The van der Waals surface area contributed by atoms with E-state index in [9.17, 15) is 9.59 Å². The first-order chi connectivity index (χ1) is 8.43. The van der Waals surface area contributed by atoms with E-state index in [1.165, 1.54) is 0 Å². The fraction of sp³-hybridized carbons (Fsp3) is 0.385. The van der Waals surface area contributed by atoms with Gasteiger partial charge in [0.15, 0.2) is 6.04 Å². The van der Waals surface area contributed by atoms with Crippen LogP contribution in [0.4, 0.5) is 0 Å². The molecular weight excluding hydrogens is 232 g/mol. The molecule has 98 valence electrons. The first-order valence-electron chi connectivity index (χ1n) is 5.77. The van der Waals surface area contributed by atoms with Crippen molar-refractivity contribution >= 4 is 11.9 Å². The van der Waals surface area contributed by atoms with Gasteiger partial charge >= 0.3 is 5.97 Å². The Morgan fingerprint density at radius 1 is 1.22 bits per heavy atom. The molecule has 0 saturated carbocycles. The second kappa shape index (κ2) is 6.16. The van der Waals surface area contributed by atoms with Gasteiger partial charge in [-0.05, 0) is 11.5 Å². The summed E-state index contributed by atoms with van der Waals surface area (Å²) in [5.41, 5.74) is 6.20. The predicted molar refractivity (Wildman–Crippen MR) is 67.8 cm³/mol. The first-order valence-corrected chi connectivity index (χ1v) is 5.77. The van der Waals surface area contributed by atoms with E-state index < -0.39 is 24.0 Å². The average molecular weight is 250 g/mol. The molecule has 5 nitrogen and oxygen atoms in total. The number of carboxylic acid groups (broad SMARTS) is 1. The molecular formula is C13H18N2O3. The van der Waals surface area contributed by atoms with Gasteiger partial charge in [0.25, 0.3) is 0 Å². The van der Waals surface area contributed by atoms with E-state index in [1.807, 2.05) is 13.8 Å². The summed E-state index contributed by atoms with van der Waals surface area (Å²) in [6.07, 6.45) is 0. The van der Waals surface area contributed by atoms with Crippen LogP contribution in [0.25, 0.3) is 0 Å². The van der Waals surface area contributed by atoms with Crippen LogP contribution in [0, 0.1) is 5.92 Å².